The molecule has 0 bridgehead atoms. The van der Waals surface area contributed by atoms with Crippen LogP contribution in [0.5, 0.6) is 0 Å². The van der Waals surface area contributed by atoms with Crippen LogP contribution in [-0.4, -0.2) is 39.5 Å². The number of rotatable bonds is 8. The second kappa shape index (κ2) is 16.7. The van der Waals surface area contributed by atoms with Gasteiger partial charge in [-0.3, -0.25) is 4.57 Å². The van der Waals surface area contributed by atoms with Crippen molar-refractivity contribution in [3.63, 3.8) is 0 Å². The zero-order valence-electron chi connectivity index (χ0n) is 33.5. The van der Waals surface area contributed by atoms with E-state index in [1.807, 2.05) is 144 Å². The Morgan fingerprint density at radius 3 is 1.48 bits per heavy atom. The van der Waals surface area contributed by atoms with E-state index in [2.05, 4.69) is 24.3 Å². The van der Waals surface area contributed by atoms with Gasteiger partial charge in [0.05, 0.1) is 16.6 Å². The molecule has 5 aromatic carbocycles. The predicted octanol–water partition coefficient (Wildman–Crippen LogP) is 12.5. The third kappa shape index (κ3) is 8.19. The fourth-order valence-electron chi connectivity index (χ4n) is 7.47. The summed E-state index contributed by atoms with van der Waals surface area (Å²) in [4.78, 5) is 35.2. The number of benzene rings is 5. The summed E-state index contributed by atoms with van der Waals surface area (Å²) in [5.74, 6) is 2.93. The highest BCUT2D eigenvalue weighted by Crippen LogP contribution is 2.37. The van der Waals surface area contributed by atoms with Crippen LogP contribution in [-0.2, 0) is 6.18 Å². The number of halogens is 3. The number of para-hydroxylation sites is 2. The molecule has 0 saturated heterocycles. The zero-order chi connectivity index (χ0) is 42.8. The summed E-state index contributed by atoms with van der Waals surface area (Å²) in [6, 6.07) is 37.8. The van der Waals surface area contributed by atoms with Gasteiger partial charge >= 0.3 is 6.18 Å². The number of hydrogen-bond donors (Lipinski definition) is 0. The molecule has 8 aromatic rings. The van der Waals surface area contributed by atoms with Crippen molar-refractivity contribution in [3.05, 3.63) is 205 Å². The highest BCUT2D eigenvalue weighted by Gasteiger charge is 2.31. The van der Waals surface area contributed by atoms with Crippen molar-refractivity contribution in [1.29, 1.82) is 0 Å². The number of fused-ring (bicyclic) bond motifs is 1. The first kappa shape index (κ1) is 39.0. The Labute approximate surface area is 360 Å². The quantitative estimate of drug-likeness (QED) is 0.150. The van der Waals surface area contributed by atoms with Crippen molar-refractivity contribution in [2.45, 2.75) is 19.0 Å². The van der Waals surface area contributed by atoms with Gasteiger partial charge in [0.25, 0.3) is 0 Å². The average Bonchev–Trinajstić information content (AvgIpc) is 3.51. The fraction of sp³-hybridized carbons (Fsp3) is 0.0577. The van der Waals surface area contributed by atoms with Gasteiger partial charge < -0.3 is 0 Å². The standard InChI is InChI=1S/C52H35F3N8/c53-52(54,55)41-27-17-26-38(31-41)51-56-43-28-15-16-29-44(43)63(51)42-32-39(49-59-45(34-18-7-1-2-8-19-34)57-47(61-49)36-22-11-5-12-23-36)30-40(33-42)50-60-46(35-20-9-3-4-10-21-35)58-48(62-50)37-24-13-6-14-25-37/h1,3,5-33H,2,4H2. The van der Waals surface area contributed by atoms with Gasteiger partial charge in [0.1, 0.15) is 5.82 Å². The lowest BCUT2D eigenvalue weighted by molar-refractivity contribution is -0.137. The van der Waals surface area contributed by atoms with E-state index in [0.717, 1.165) is 47.2 Å². The molecule has 304 valence electrons. The van der Waals surface area contributed by atoms with Crippen molar-refractivity contribution >= 4 is 22.2 Å². The van der Waals surface area contributed by atoms with Crippen molar-refractivity contribution in [1.82, 2.24) is 39.5 Å². The van der Waals surface area contributed by atoms with Crippen molar-refractivity contribution in [2.75, 3.05) is 0 Å². The second-order valence-corrected chi connectivity index (χ2v) is 14.8. The van der Waals surface area contributed by atoms with Crippen LogP contribution in [0.1, 0.15) is 30.1 Å². The molecule has 0 atom stereocenters. The molecule has 2 aliphatic carbocycles. The van der Waals surface area contributed by atoms with Crippen LogP contribution in [0.25, 0.3) is 84.8 Å². The number of hydrogen-bond acceptors (Lipinski definition) is 7. The molecule has 3 heterocycles. The van der Waals surface area contributed by atoms with Gasteiger partial charge in [0.15, 0.2) is 34.9 Å². The summed E-state index contributed by atoms with van der Waals surface area (Å²) in [7, 11) is 0. The molecular weight excluding hydrogens is 794 g/mol. The van der Waals surface area contributed by atoms with Crippen molar-refractivity contribution in [3.8, 4) is 62.6 Å². The summed E-state index contributed by atoms with van der Waals surface area (Å²) in [6.45, 7) is 0. The van der Waals surface area contributed by atoms with E-state index >= 15 is 0 Å². The van der Waals surface area contributed by atoms with E-state index in [4.69, 9.17) is 34.9 Å². The summed E-state index contributed by atoms with van der Waals surface area (Å²) in [6.07, 6.45) is 17.1. The minimum absolute atomic E-state index is 0.288. The number of imidazole rings is 1. The lowest BCUT2D eigenvalue weighted by Gasteiger charge is -2.16. The predicted molar refractivity (Wildman–Crippen MR) is 242 cm³/mol. The van der Waals surface area contributed by atoms with E-state index in [-0.39, 0.29) is 5.56 Å². The smallest absolute Gasteiger partial charge is 0.292 e. The van der Waals surface area contributed by atoms with Gasteiger partial charge in [0.2, 0.25) is 0 Å². The largest absolute Gasteiger partial charge is 0.416 e. The Morgan fingerprint density at radius 2 is 0.921 bits per heavy atom. The first-order valence-corrected chi connectivity index (χ1v) is 20.4. The summed E-state index contributed by atoms with van der Waals surface area (Å²) < 4.78 is 44.4. The lowest BCUT2D eigenvalue weighted by Crippen LogP contribution is -2.06. The van der Waals surface area contributed by atoms with Gasteiger partial charge in [0, 0.05) is 44.7 Å². The Hall–Kier alpha value is -8.18. The fourth-order valence-corrected chi connectivity index (χ4v) is 7.47. The first-order chi connectivity index (χ1) is 30.8. The molecule has 0 N–H and O–H groups in total. The minimum Gasteiger partial charge on any atom is -0.292 e. The van der Waals surface area contributed by atoms with Crippen molar-refractivity contribution in [2.24, 2.45) is 0 Å². The molecule has 11 heteroatoms. The van der Waals surface area contributed by atoms with Crippen LogP contribution in [0, 0.1) is 0 Å². The molecule has 8 nitrogen and oxygen atoms in total. The van der Waals surface area contributed by atoms with Gasteiger partial charge in [-0.05, 0) is 55.3 Å². The molecule has 0 spiro atoms. The lowest BCUT2D eigenvalue weighted by atomic mass is 10.1. The van der Waals surface area contributed by atoms with E-state index in [0.29, 0.717) is 68.6 Å². The second-order valence-electron chi connectivity index (χ2n) is 14.8. The SMILES string of the molecule is FC(F)(F)c1cccc(-c2nc3ccccc3n2-c2cc(-c3nc(C4=CC=CCC=C4)nc(-c4ccccc4)n3)cc(-c3nc(C4=CC=CCC=C4)nc(-c4ccccc4)n3)c2)c1. The van der Waals surface area contributed by atoms with Gasteiger partial charge in [-0.25, -0.2) is 34.9 Å². The number of allylic oxidation sites excluding steroid dienone is 12. The Morgan fingerprint density at radius 1 is 0.429 bits per heavy atom. The molecule has 3 aromatic heterocycles. The van der Waals surface area contributed by atoms with Crippen LogP contribution < -0.4 is 0 Å². The molecule has 0 saturated carbocycles. The van der Waals surface area contributed by atoms with Crippen LogP contribution >= 0.6 is 0 Å². The first-order valence-electron chi connectivity index (χ1n) is 20.4. The van der Waals surface area contributed by atoms with Crippen LogP contribution in [0.3, 0.4) is 0 Å². The molecule has 0 fully saturated rings. The molecule has 2 aliphatic rings. The highest BCUT2D eigenvalue weighted by atomic mass is 19.4. The zero-order valence-corrected chi connectivity index (χ0v) is 33.5. The molecule has 0 unspecified atom stereocenters. The highest BCUT2D eigenvalue weighted by molar-refractivity contribution is 5.85. The van der Waals surface area contributed by atoms with Gasteiger partial charge in [-0.2, -0.15) is 13.2 Å². The number of aromatic nitrogens is 8. The van der Waals surface area contributed by atoms with Gasteiger partial charge in [-0.15, -0.1) is 0 Å². The van der Waals surface area contributed by atoms with Crippen LogP contribution in [0.15, 0.2) is 188 Å². The minimum atomic E-state index is -4.56. The van der Waals surface area contributed by atoms with Crippen LogP contribution in [0.4, 0.5) is 13.2 Å². The van der Waals surface area contributed by atoms with E-state index in [9.17, 15) is 13.2 Å². The van der Waals surface area contributed by atoms with E-state index in [1.54, 1.807) is 6.07 Å². The summed E-state index contributed by atoms with van der Waals surface area (Å²) in [5.41, 5.74) is 5.74. The molecule has 10 rings (SSSR count). The molecular formula is C52H35F3N8. The summed E-state index contributed by atoms with van der Waals surface area (Å²) in [5, 5.41) is 0. The summed E-state index contributed by atoms with van der Waals surface area (Å²) >= 11 is 0. The Balaban J connectivity index is 1.27. The van der Waals surface area contributed by atoms with Crippen molar-refractivity contribution < 1.29 is 13.2 Å². The number of nitrogens with zero attached hydrogens (tertiary/aromatic N) is 8. The normalized spacial score (nSPS) is 13.8. The van der Waals surface area contributed by atoms with Crippen LogP contribution in [0.2, 0.25) is 0 Å². The molecule has 0 aliphatic heterocycles. The molecule has 0 amide bonds. The number of alkyl halides is 3. The van der Waals surface area contributed by atoms with Gasteiger partial charge in [-0.1, -0.05) is 146 Å². The maximum absolute atomic E-state index is 14.2. The molecule has 63 heavy (non-hydrogen) atoms. The third-order valence-electron chi connectivity index (χ3n) is 10.5. The topological polar surface area (TPSA) is 95.2 Å². The third-order valence-corrected chi connectivity index (χ3v) is 10.5. The van der Waals surface area contributed by atoms with E-state index < -0.39 is 11.7 Å². The molecule has 0 radical (unpaired) electrons. The maximum atomic E-state index is 14.2. The maximum Gasteiger partial charge on any atom is 0.416 e. The average molecular weight is 829 g/mol. The Bertz CT molecular complexity index is 3070. The Kier molecular flexibility index (Phi) is 10.3. The van der Waals surface area contributed by atoms with E-state index in [1.165, 1.54) is 6.07 Å². The monoisotopic (exact) mass is 828 g/mol.